The highest BCUT2D eigenvalue weighted by Crippen LogP contribution is 2.27. The Balaban J connectivity index is 1.46. The van der Waals surface area contributed by atoms with E-state index in [4.69, 9.17) is 4.74 Å². The molecule has 1 N–H and O–H groups in total. The highest BCUT2D eigenvalue weighted by Gasteiger charge is 2.21. The zero-order valence-electron chi connectivity index (χ0n) is 14.8. The molecule has 4 rings (SSSR count). The Morgan fingerprint density at radius 3 is 2.92 bits per heavy atom. The number of amides is 1. The first-order valence-corrected chi connectivity index (χ1v) is 10.2. The second kappa shape index (κ2) is 8.06. The van der Waals surface area contributed by atoms with E-state index >= 15 is 0 Å². The van der Waals surface area contributed by atoms with Crippen molar-refractivity contribution >= 4 is 27.5 Å². The minimum Gasteiger partial charge on any atom is -0.376 e. The van der Waals surface area contributed by atoms with Gasteiger partial charge in [-0.15, -0.1) is 11.3 Å². The summed E-state index contributed by atoms with van der Waals surface area (Å²) in [5.41, 5.74) is 1.98. The average molecular weight is 369 g/mol. The molecule has 1 amide bonds. The number of carbonyl (C=O) groups excluding carboxylic acids is 1. The first-order valence-electron chi connectivity index (χ1n) is 9.32. The first-order chi connectivity index (χ1) is 12.8. The second-order valence-electron chi connectivity index (χ2n) is 6.80. The minimum atomic E-state index is 0.000130. The monoisotopic (exact) mass is 368 g/mol. The Labute approximate surface area is 157 Å². The van der Waals surface area contributed by atoms with E-state index in [1.54, 1.807) is 11.3 Å². The molecule has 4 nitrogen and oxygen atoms in total. The van der Waals surface area contributed by atoms with E-state index in [-0.39, 0.29) is 12.0 Å². The Morgan fingerprint density at radius 2 is 2.12 bits per heavy atom. The minimum absolute atomic E-state index is 0.000130. The molecule has 0 unspecified atom stereocenters. The van der Waals surface area contributed by atoms with Crippen molar-refractivity contribution in [1.29, 1.82) is 0 Å². The van der Waals surface area contributed by atoms with Gasteiger partial charge in [-0.2, -0.15) is 0 Å². The molecule has 0 radical (unpaired) electrons. The van der Waals surface area contributed by atoms with E-state index in [2.05, 4.69) is 33.5 Å². The van der Waals surface area contributed by atoms with E-state index in [9.17, 15) is 4.79 Å². The molecule has 1 aliphatic rings. The van der Waals surface area contributed by atoms with Crippen molar-refractivity contribution in [3.63, 3.8) is 0 Å². The SMILES string of the molecule is O=C(NCCc1ccccc1)c1cc2ccsc2n1C[C@@H]1CCCCO1. The molecule has 1 aromatic carbocycles. The Bertz CT molecular complexity index is 863. The van der Waals surface area contributed by atoms with Gasteiger partial charge in [0.15, 0.2) is 0 Å². The van der Waals surface area contributed by atoms with Crippen molar-refractivity contribution in [2.24, 2.45) is 0 Å². The van der Waals surface area contributed by atoms with E-state index in [1.807, 2.05) is 24.3 Å². The fourth-order valence-electron chi connectivity index (χ4n) is 3.56. The van der Waals surface area contributed by atoms with Crippen LogP contribution in [-0.2, 0) is 17.7 Å². The van der Waals surface area contributed by atoms with Gasteiger partial charge in [-0.05, 0) is 48.8 Å². The van der Waals surface area contributed by atoms with E-state index < -0.39 is 0 Å². The predicted molar refractivity (Wildman–Crippen MR) is 106 cm³/mol. The summed E-state index contributed by atoms with van der Waals surface area (Å²) in [7, 11) is 0. The number of nitrogens with one attached hydrogen (secondary N) is 1. The first kappa shape index (κ1) is 17.3. The summed E-state index contributed by atoms with van der Waals surface area (Å²) < 4.78 is 8.05. The lowest BCUT2D eigenvalue weighted by atomic mass is 10.1. The van der Waals surface area contributed by atoms with Crippen LogP contribution in [0.5, 0.6) is 0 Å². The molecule has 3 aromatic rings. The van der Waals surface area contributed by atoms with Crippen LogP contribution >= 0.6 is 11.3 Å². The highest BCUT2D eigenvalue weighted by atomic mass is 32.1. The number of hydrogen-bond donors (Lipinski definition) is 1. The van der Waals surface area contributed by atoms with Gasteiger partial charge in [0.05, 0.1) is 12.6 Å². The van der Waals surface area contributed by atoms with Crippen LogP contribution in [-0.4, -0.2) is 29.7 Å². The third kappa shape index (κ3) is 3.84. The number of nitrogens with zero attached hydrogens (tertiary/aromatic N) is 1. The molecular weight excluding hydrogens is 344 g/mol. The van der Waals surface area contributed by atoms with Crippen LogP contribution < -0.4 is 5.32 Å². The maximum atomic E-state index is 12.8. The maximum Gasteiger partial charge on any atom is 0.267 e. The van der Waals surface area contributed by atoms with Gasteiger partial charge in [-0.25, -0.2) is 0 Å². The molecule has 0 aliphatic carbocycles. The van der Waals surface area contributed by atoms with Gasteiger partial charge < -0.3 is 14.6 Å². The average Bonchev–Trinajstić information content (AvgIpc) is 3.26. The number of hydrogen-bond acceptors (Lipinski definition) is 3. The molecule has 1 atom stereocenters. The van der Waals surface area contributed by atoms with E-state index in [0.717, 1.165) is 48.3 Å². The molecule has 0 spiro atoms. The number of carbonyl (C=O) groups is 1. The van der Waals surface area contributed by atoms with Crippen LogP contribution in [0.4, 0.5) is 0 Å². The topological polar surface area (TPSA) is 43.3 Å². The number of aromatic nitrogens is 1. The summed E-state index contributed by atoms with van der Waals surface area (Å²) in [4.78, 5) is 14.0. The Hall–Kier alpha value is -2.11. The molecule has 2 aromatic heterocycles. The van der Waals surface area contributed by atoms with Crippen molar-refractivity contribution in [2.75, 3.05) is 13.2 Å². The lowest BCUT2D eigenvalue weighted by Gasteiger charge is -2.24. The third-order valence-electron chi connectivity index (χ3n) is 4.94. The number of benzene rings is 1. The number of ether oxygens (including phenoxy) is 1. The van der Waals surface area contributed by atoms with Gasteiger partial charge in [0.2, 0.25) is 0 Å². The molecule has 5 heteroatoms. The fraction of sp³-hybridized carbons (Fsp3) is 0.381. The standard InChI is InChI=1S/C21H24N2O2S/c24-20(22-11-9-16-6-2-1-3-7-16)19-14-17-10-13-26-21(17)23(19)15-18-8-4-5-12-25-18/h1-3,6-7,10,13-14,18H,4-5,8-9,11-12,15H2,(H,22,24)/t18-/m0/s1. The molecule has 3 heterocycles. The van der Waals surface area contributed by atoms with Gasteiger partial charge in [-0.1, -0.05) is 30.3 Å². The largest absolute Gasteiger partial charge is 0.376 e. The zero-order chi connectivity index (χ0) is 17.8. The van der Waals surface area contributed by atoms with Crippen molar-refractivity contribution in [3.05, 3.63) is 59.1 Å². The maximum absolute atomic E-state index is 12.8. The summed E-state index contributed by atoms with van der Waals surface area (Å²) >= 11 is 1.69. The number of fused-ring (bicyclic) bond motifs is 1. The van der Waals surface area contributed by atoms with Gasteiger partial charge in [-0.3, -0.25) is 4.79 Å². The van der Waals surface area contributed by atoms with Gasteiger partial charge >= 0.3 is 0 Å². The van der Waals surface area contributed by atoms with Crippen LogP contribution in [0.25, 0.3) is 10.2 Å². The lowest BCUT2D eigenvalue weighted by Crippen LogP contribution is -2.30. The van der Waals surface area contributed by atoms with Gasteiger partial charge in [0.25, 0.3) is 5.91 Å². The molecule has 26 heavy (non-hydrogen) atoms. The fourth-order valence-corrected chi connectivity index (χ4v) is 4.46. The molecule has 0 bridgehead atoms. The van der Waals surface area contributed by atoms with Crippen molar-refractivity contribution in [2.45, 2.75) is 38.3 Å². The van der Waals surface area contributed by atoms with Crippen LogP contribution in [0.2, 0.25) is 0 Å². The number of rotatable bonds is 6. The van der Waals surface area contributed by atoms with Crippen LogP contribution in [0, 0.1) is 0 Å². The van der Waals surface area contributed by atoms with Crippen LogP contribution in [0.15, 0.2) is 47.8 Å². The summed E-state index contributed by atoms with van der Waals surface area (Å²) in [5, 5.41) is 6.30. The molecule has 136 valence electrons. The molecule has 1 fully saturated rings. The molecular formula is C21H24N2O2S. The smallest absolute Gasteiger partial charge is 0.267 e. The van der Waals surface area contributed by atoms with Crippen molar-refractivity contribution in [3.8, 4) is 0 Å². The Morgan fingerprint density at radius 1 is 1.23 bits per heavy atom. The summed E-state index contributed by atoms with van der Waals surface area (Å²) in [6, 6.07) is 14.3. The van der Waals surface area contributed by atoms with Gasteiger partial charge in [0, 0.05) is 18.5 Å². The van der Waals surface area contributed by atoms with Crippen molar-refractivity contribution < 1.29 is 9.53 Å². The molecule has 0 saturated carbocycles. The van der Waals surface area contributed by atoms with Gasteiger partial charge in [0.1, 0.15) is 10.5 Å². The summed E-state index contributed by atoms with van der Waals surface area (Å²) in [6.45, 7) is 2.23. The third-order valence-corrected chi connectivity index (χ3v) is 5.89. The molecule has 1 aliphatic heterocycles. The lowest BCUT2D eigenvalue weighted by molar-refractivity contribution is 0.00645. The highest BCUT2D eigenvalue weighted by molar-refractivity contribution is 7.16. The quantitative estimate of drug-likeness (QED) is 0.707. The summed E-state index contributed by atoms with van der Waals surface area (Å²) in [6.07, 6.45) is 4.46. The van der Waals surface area contributed by atoms with E-state index in [1.165, 1.54) is 12.0 Å². The Kier molecular flexibility index (Phi) is 5.37. The number of thiophene rings is 1. The van der Waals surface area contributed by atoms with Crippen LogP contribution in [0.1, 0.15) is 35.3 Å². The van der Waals surface area contributed by atoms with Crippen molar-refractivity contribution in [1.82, 2.24) is 9.88 Å². The zero-order valence-corrected chi connectivity index (χ0v) is 15.6. The molecule has 1 saturated heterocycles. The summed E-state index contributed by atoms with van der Waals surface area (Å²) in [5.74, 6) is 0.000130. The second-order valence-corrected chi connectivity index (χ2v) is 7.70. The predicted octanol–water partition coefficient (Wildman–Crippen LogP) is 4.24. The van der Waals surface area contributed by atoms with Crippen LogP contribution in [0.3, 0.4) is 0 Å². The normalized spacial score (nSPS) is 17.5. The van der Waals surface area contributed by atoms with E-state index in [0.29, 0.717) is 6.54 Å².